The molecule has 0 atom stereocenters. The standard InChI is InChI=1S/C12H14O4/c1-2-11(13)15-8-9-16-12(14)10-6-4-3-5-7-10/h3-7H,2,8-9H2,1H3. The topological polar surface area (TPSA) is 52.6 Å². The van der Waals surface area contributed by atoms with E-state index >= 15 is 0 Å². The molecule has 0 unspecified atom stereocenters. The Hall–Kier alpha value is -1.84. The molecule has 0 radical (unpaired) electrons. The van der Waals surface area contributed by atoms with Crippen molar-refractivity contribution in [1.82, 2.24) is 0 Å². The van der Waals surface area contributed by atoms with Crippen molar-refractivity contribution >= 4 is 11.9 Å². The Morgan fingerprint density at radius 2 is 1.69 bits per heavy atom. The van der Waals surface area contributed by atoms with Crippen LogP contribution in [0.2, 0.25) is 0 Å². The molecular weight excluding hydrogens is 208 g/mol. The first-order chi connectivity index (χ1) is 7.74. The minimum atomic E-state index is -0.409. The molecule has 0 fully saturated rings. The van der Waals surface area contributed by atoms with Crippen LogP contribution in [0.4, 0.5) is 0 Å². The van der Waals surface area contributed by atoms with E-state index in [1.54, 1.807) is 31.2 Å². The quantitative estimate of drug-likeness (QED) is 0.563. The fourth-order valence-corrected chi connectivity index (χ4v) is 1.05. The van der Waals surface area contributed by atoms with Gasteiger partial charge in [0.1, 0.15) is 13.2 Å². The highest BCUT2D eigenvalue weighted by Gasteiger charge is 2.05. The van der Waals surface area contributed by atoms with Gasteiger partial charge in [-0.25, -0.2) is 4.79 Å². The summed E-state index contributed by atoms with van der Waals surface area (Å²) in [6.07, 6.45) is 0.326. The Kier molecular flexibility index (Phi) is 5.05. The van der Waals surface area contributed by atoms with Gasteiger partial charge in [0.05, 0.1) is 5.56 Å². The van der Waals surface area contributed by atoms with Gasteiger partial charge in [0.15, 0.2) is 0 Å². The van der Waals surface area contributed by atoms with Gasteiger partial charge in [-0.1, -0.05) is 25.1 Å². The van der Waals surface area contributed by atoms with Crippen LogP contribution in [0, 0.1) is 0 Å². The van der Waals surface area contributed by atoms with Crippen molar-refractivity contribution in [1.29, 1.82) is 0 Å². The second-order valence-corrected chi connectivity index (χ2v) is 3.08. The zero-order valence-corrected chi connectivity index (χ0v) is 9.14. The van der Waals surface area contributed by atoms with Crippen LogP contribution in [0.25, 0.3) is 0 Å². The van der Waals surface area contributed by atoms with E-state index in [1.165, 1.54) is 0 Å². The van der Waals surface area contributed by atoms with Gasteiger partial charge in [0, 0.05) is 6.42 Å². The molecule has 0 bridgehead atoms. The summed E-state index contributed by atoms with van der Waals surface area (Å²) in [4.78, 5) is 22.2. The Balaban J connectivity index is 2.24. The molecule has 1 aromatic carbocycles. The number of carbonyl (C=O) groups is 2. The second-order valence-electron chi connectivity index (χ2n) is 3.08. The van der Waals surface area contributed by atoms with Crippen molar-refractivity contribution < 1.29 is 19.1 Å². The summed E-state index contributed by atoms with van der Waals surface area (Å²) in [7, 11) is 0. The molecule has 4 nitrogen and oxygen atoms in total. The molecule has 16 heavy (non-hydrogen) atoms. The molecular formula is C12H14O4. The number of hydrogen-bond acceptors (Lipinski definition) is 4. The third-order valence-corrected chi connectivity index (χ3v) is 1.88. The maximum absolute atomic E-state index is 11.4. The Labute approximate surface area is 94.2 Å². The van der Waals surface area contributed by atoms with Crippen molar-refractivity contribution in [3.8, 4) is 0 Å². The van der Waals surface area contributed by atoms with E-state index in [9.17, 15) is 9.59 Å². The molecule has 0 spiro atoms. The number of esters is 2. The highest BCUT2D eigenvalue weighted by molar-refractivity contribution is 5.89. The zero-order chi connectivity index (χ0) is 11.8. The van der Waals surface area contributed by atoms with E-state index in [1.807, 2.05) is 6.07 Å². The average molecular weight is 222 g/mol. The predicted molar refractivity (Wildman–Crippen MR) is 58.0 cm³/mol. The van der Waals surface area contributed by atoms with Crippen molar-refractivity contribution in [3.05, 3.63) is 35.9 Å². The molecule has 0 N–H and O–H groups in total. The first-order valence-corrected chi connectivity index (χ1v) is 5.12. The van der Waals surface area contributed by atoms with Crippen molar-refractivity contribution in [2.24, 2.45) is 0 Å². The predicted octanol–water partition coefficient (Wildman–Crippen LogP) is 1.80. The van der Waals surface area contributed by atoms with Crippen molar-refractivity contribution in [2.75, 3.05) is 13.2 Å². The summed E-state index contributed by atoms with van der Waals surface area (Å²) in [6.45, 7) is 1.89. The molecule has 0 aliphatic rings. The highest BCUT2D eigenvalue weighted by atomic mass is 16.6. The van der Waals surface area contributed by atoms with Gasteiger partial charge in [-0.2, -0.15) is 0 Å². The van der Waals surface area contributed by atoms with Gasteiger partial charge in [0.2, 0.25) is 0 Å². The highest BCUT2D eigenvalue weighted by Crippen LogP contribution is 2.00. The summed E-state index contributed by atoms with van der Waals surface area (Å²) < 4.78 is 9.67. The molecule has 0 heterocycles. The van der Waals surface area contributed by atoms with E-state index in [0.29, 0.717) is 12.0 Å². The fraction of sp³-hybridized carbons (Fsp3) is 0.333. The maximum atomic E-state index is 11.4. The smallest absolute Gasteiger partial charge is 0.338 e. The van der Waals surface area contributed by atoms with Gasteiger partial charge in [-0.3, -0.25) is 4.79 Å². The van der Waals surface area contributed by atoms with E-state index in [2.05, 4.69) is 0 Å². The summed E-state index contributed by atoms with van der Waals surface area (Å²) >= 11 is 0. The first-order valence-electron chi connectivity index (χ1n) is 5.12. The Morgan fingerprint density at radius 1 is 1.06 bits per heavy atom. The van der Waals surface area contributed by atoms with Crippen LogP contribution < -0.4 is 0 Å². The van der Waals surface area contributed by atoms with Crippen LogP contribution in [0.1, 0.15) is 23.7 Å². The van der Waals surface area contributed by atoms with Gasteiger partial charge in [-0.15, -0.1) is 0 Å². The molecule has 1 rings (SSSR count). The van der Waals surface area contributed by atoms with Gasteiger partial charge in [-0.05, 0) is 12.1 Å². The number of carbonyl (C=O) groups excluding carboxylic acids is 2. The number of benzene rings is 1. The van der Waals surface area contributed by atoms with Crippen LogP contribution in [-0.4, -0.2) is 25.2 Å². The van der Waals surface area contributed by atoms with Crippen molar-refractivity contribution in [3.63, 3.8) is 0 Å². The monoisotopic (exact) mass is 222 g/mol. The molecule has 0 saturated carbocycles. The fourth-order valence-electron chi connectivity index (χ4n) is 1.05. The maximum Gasteiger partial charge on any atom is 0.338 e. The van der Waals surface area contributed by atoms with E-state index in [-0.39, 0.29) is 19.2 Å². The van der Waals surface area contributed by atoms with E-state index in [0.717, 1.165) is 0 Å². The minimum absolute atomic E-state index is 0.0828. The lowest BCUT2D eigenvalue weighted by atomic mass is 10.2. The first kappa shape index (κ1) is 12.2. The van der Waals surface area contributed by atoms with Crippen LogP contribution >= 0.6 is 0 Å². The summed E-state index contributed by atoms with van der Waals surface area (Å²) in [5.41, 5.74) is 0.490. The minimum Gasteiger partial charge on any atom is -0.462 e. The molecule has 0 aliphatic heterocycles. The summed E-state index contributed by atoms with van der Waals surface area (Å²) in [5.74, 6) is -0.705. The van der Waals surface area contributed by atoms with Gasteiger partial charge in [0.25, 0.3) is 0 Å². The largest absolute Gasteiger partial charge is 0.462 e. The normalized spacial score (nSPS) is 9.56. The second kappa shape index (κ2) is 6.61. The lowest BCUT2D eigenvalue weighted by Crippen LogP contribution is -2.13. The molecule has 0 saturated heterocycles. The average Bonchev–Trinajstić information content (AvgIpc) is 2.35. The van der Waals surface area contributed by atoms with E-state index < -0.39 is 5.97 Å². The third-order valence-electron chi connectivity index (χ3n) is 1.88. The SMILES string of the molecule is CCC(=O)OCCOC(=O)c1ccccc1. The lowest BCUT2D eigenvalue weighted by molar-refractivity contribution is -0.144. The zero-order valence-electron chi connectivity index (χ0n) is 9.14. The van der Waals surface area contributed by atoms with E-state index in [4.69, 9.17) is 9.47 Å². The van der Waals surface area contributed by atoms with Crippen LogP contribution in [-0.2, 0) is 14.3 Å². The molecule has 0 aliphatic carbocycles. The third kappa shape index (κ3) is 4.13. The van der Waals surface area contributed by atoms with Crippen molar-refractivity contribution in [2.45, 2.75) is 13.3 Å². The lowest BCUT2D eigenvalue weighted by Gasteiger charge is -2.05. The van der Waals surface area contributed by atoms with Crippen LogP contribution in [0.3, 0.4) is 0 Å². The Morgan fingerprint density at radius 3 is 2.31 bits per heavy atom. The molecule has 0 aromatic heterocycles. The Bertz CT molecular complexity index is 345. The van der Waals surface area contributed by atoms with Crippen LogP contribution in [0.15, 0.2) is 30.3 Å². The number of ether oxygens (including phenoxy) is 2. The molecule has 1 aromatic rings. The molecule has 86 valence electrons. The number of rotatable bonds is 5. The van der Waals surface area contributed by atoms with Gasteiger partial charge < -0.3 is 9.47 Å². The summed E-state index contributed by atoms with van der Waals surface area (Å²) in [5, 5.41) is 0. The summed E-state index contributed by atoms with van der Waals surface area (Å²) in [6, 6.07) is 8.67. The van der Waals surface area contributed by atoms with Gasteiger partial charge >= 0.3 is 11.9 Å². The van der Waals surface area contributed by atoms with Crippen LogP contribution in [0.5, 0.6) is 0 Å². The molecule has 0 amide bonds. The number of hydrogen-bond donors (Lipinski definition) is 0. The molecule has 4 heteroatoms.